The van der Waals surface area contributed by atoms with Gasteiger partial charge in [0.05, 0.1) is 25.6 Å². The van der Waals surface area contributed by atoms with Crippen LogP contribution in [0.4, 0.5) is 11.8 Å². The Morgan fingerprint density at radius 3 is 2.81 bits per heavy atom. The number of hydrogen-bond acceptors (Lipinski definition) is 16. The van der Waals surface area contributed by atoms with Crippen molar-refractivity contribution in [3.8, 4) is 0 Å². The number of aliphatic hydroxyl groups is 2. The summed E-state index contributed by atoms with van der Waals surface area (Å²) in [6, 6.07) is 0. The Hall–Kier alpha value is -3.23. The predicted octanol–water partition coefficient (Wildman–Crippen LogP) is -1.03. The maximum atomic E-state index is 14.4. The number of fused-ring (bicyclic) bond motifs is 3. The molecular weight excluding hydrogens is 609 g/mol. The first kappa shape index (κ1) is 28.5. The van der Waals surface area contributed by atoms with E-state index in [0.717, 1.165) is 0 Å². The summed E-state index contributed by atoms with van der Waals surface area (Å²) in [4.78, 5) is 31.3. The summed E-state index contributed by atoms with van der Waals surface area (Å²) in [6.45, 7) is -3.12. The van der Waals surface area contributed by atoms with Gasteiger partial charge in [0, 0.05) is 13.0 Å². The summed E-state index contributed by atoms with van der Waals surface area (Å²) in [5, 5.41) is 28.0. The highest BCUT2D eigenvalue weighted by molar-refractivity contribution is 8.46. The number of rotatable bonds is 8. The Morgan fingerprint density at radius 2 is 2.07 bits per heavy atom. The molecule has 0 bridgehead atoms. The van der Waals surface area contributed by atoms with E-state index in [1.165, 1.54) is 24.4 Å². The number of aromatic nitrogens is 9. The fraction of sp³-hybridized carbons (Fsp3) is 0.591. The van der Waals surface area contributed by atoms with Crippen LogP contribution in [0.15, 0.2) is 17.4 Å². The standard InChI is InChI=1S/C22H28N11O8PS/c1-21(13(35)12(38-2)18(41-21)32-7-27-10-14(23)25-6-26-15(10)32)5-39-42(37,43)22-3-8(22)9(4-34)40-19(22)33-16-11(30-31-33)17(36)29-20(24)28-16/h6-9,12-13,18-19,34-35H,3-5H2,1-2H3,(H,37,43)(H2,23,25,26)(H3,24,28,29,36)/t8-,9+,12+,13-,18+,19+,21?,22-,42?/m0/s1. The van der Waals surface area contributed by atoms with Crippen LogP contribution in [-0.4, -0.2) is 104 Å². The maximum Gasteiger partial charge on any atom is 0.282 e. The molecule has 4 aromatic rings. The van der Waals surface area contributed by atoms with E-state index in [2.05, 4.69) is 47.5 Å². The van der Waals surface area contributed by atoms with Gasteiger partial charge in [-0.3, -0.25) is 18.9 Å². The molecule has 2 aliphatic heterocycles. The van der Waals surface area contributed by atoms with E-state index in [1.54, 1.807) is 11.5 Å². The number of nitrogens with two attached hydrogens (primary N) is 2. The van der Waals surface area contributed by atoms with E-state index in [0.29, 0.717) is 17.6 Å². The van der Waals surface area contributed by atoms with E-state index in [4.69, 9.17) is 30.2 Å². The first-order chi connectivity index (χ1) is 20.5. The predicted molar refractivity (Wildman–Crippen MR) is 150 cm³/mol. The third kappa shape index (κ3) is 3.98. The zero-order valence-corrected chi connectivity index (χ0v) is 24.5. The fourth-order valence-corrected chi connectivity index (χ4v) is 9.51. The van der Waals surface area contributed by atoms with Crippen LogP contribution in [-0.2, 0) is 23.3 Å². The van der Waals surface area contributed by atoms with Crippen molar-refractivity contribution in [2.24, 2.45) is 5.92 Å². The Labute approximate surface area is 246 Å². The van der Waals surface area contributed by atoms with Crippen LogP contribution in [0.3, 0.4) is 0 Å². The van der Waals surface area contributed by atoms with Gasteiger partial charge in [0.15, 0.2) is 35.1 Å². The number of imidazole rings is 1. The van der Waals surface area contributed by atoms with Crippen LogP contribution in [0.5, 0.6) is 0 Å². The van der Waals surface area contributed by atoms with Crippen molar-refractivity contribution in [3.63, 3.8) is 0 Å². The molecule has 0 radical (unpaired) electrons. The molecule has 19 nitrogen and oxygen atoms in total. The lowest BCUT2D eigenvalue weighted by Crippen LogP contribution is -2.44. The molecule has 0 amide bonds. The fourth-order valence-electron chi connectivity index (χ4n) is 6.22. The third-order valence-electron chi connectivity index (χ3n) is 8.56. The molecule has 43 heavy (non-hydrogen) atoms. The van der Waals surface area contributed by atoms with Crippen molar-refractivity contribution in [2.75, 3.05) is 31.8 Å². The second-order valence-electron chi connectivity index (χ2n) is 11.0. The SMILES string of the molecule is CO[C@H]1[C@H](n2cnc3c(N)ncnc32)OC(C)(COP(=O)(S)[C@@]23C[C@H]2[C@@H](CO)O[C@H]3n2nnc3c(=O)[nH]c(N)nc32)[C@H]1O. The van der Waals surface area contributed by atoms with Crippen LogP contribution in [0.1, 0.15) is 25.8 Å². The Kier molecular flexibility index (Phi) is 6.39. The molecule has 6 heterocycles. The van der Waals surface area contributed by atoms with Gasteiger partial charge >= 0.3 is 0 Å². The van der Waals surface area contributed by atoms with Crippen LogP contribution < -0.4 is 17.0 Å². The minimum absolute atomic E-state index is 0.00694. The first-order valence-electron chi connectivity index (χ1n) is 13.1. The van der Waals surface area contributed by atoms with Crippen LogP contribution in [0, 0.1) is 5.92 Å². The molecule has 21 heteroatoms. The lowest BCUT2D eigenvalue weighted by molar-refractivity contribution is -0.111. The molecule has 9 atom stereocenters. The molecule has 4 aromatic heterocycles. The Balaban J connectivity index is 1.19. The largest absolute Gasteiger partial charge is 0.394 e. The van der Waals surface area contributed by atoms with Crippen molar-refractivity contribution in [2.45, 2.75) is 54.9 Å². The van der Waals surface area contributed by atoms with Gasteiger partial charge in [0.25, 0.3) is 12.1 Å². The maximum absolute atomic E-state index is 14.4. The van der Waals surface area contributed by atoms with Crippen LogP contribution >= 0.6 is 18.8 Å². The molecule has 3 fully saturated rings. The summed E-state index contributed by atoms with van der Waals surface area (Å²) in [5.74, 6) is -0.422. The van der Waals surface area contributed by atoms with Gasteiger partial charge in [0.2, 0.25) is 5.95 Å². The van der Waals surface area contributed by atoms with Gasteiger partial charge < -0.3 is 40.4 Å². The van der Waals surface area contributed by atoms with Gasteiger partial charge in [-0.1, -0.05) is 17.5 Å². The highest BCUT2D eigenvalue weighted by atomic mass is 32.7. The summed E-state index contributed by atoms with van der Waals surface area (Å²) < 4.78 is 41.1. The summed E-state index contributed by atoms with van der Waals surface area (Å²) >= 11 is 4.52. The summed E-state index contributed by atoms with van der Waals surface area (Å²) in [5.41, 5.74) is 10.2. The van der Waals surface area contributed by atoms with E-state index in [-0.39, 0.29) is 36.1 Å². The number of nitrogens with one attached hydrogen (secondary N) is 1. The molecule has 1 saturated carbocycles. The van der Waals surface area contributed by atoms with Gasteiger partial charge in [-0.25, -0.2) is 15.0 Å². The first-order valence-corrected chi connectivity index (χ1v) is 15.9. The number of aliphatic hydroxyl groups excluding tert-OH is 2. The number of nitrogen functional groups attached to an aromatic ring is 2. The second-order valence-corrected chi connectivity index (χ2v) is 14.7. The molecule has 230 valence electrons. The van der Waals surface area contributed by atoms with E-state index >= 15 is 0 Å². The molecule has 3 aliphatic rings. The quantitative estimate of drug-likeness (QED) is 0.0996. The monoisotopic (exact) mass is 637 g/mol. The van der Waals surface area contributed by atoms with Gasteiger partial charge in [-0.2, -0.15) is 9.67 Å². The smallest absolute Gasteiger partial charge is 0.282 e. The normalized spacial score (nSPS) is 35.0. The molecule has 2 saturated heterocycles. The summed E-state index contributed by atoms with van der Waals surface area (Å²) in [6.07, 6.45) is -1.85. The van der Waals surface area contributed by atoms with Crippen molar-refractivity contribution >= 4 is 52.9 Å². The molecule has 0 aromatic carbocycles. The average Bonchev–Trinajstić information content (AvgIpc) is 3.25. The molecule has 7 N–H and O–H groups in total. The number of hydrogen-bond donors (Lipinski definition) is 6. The van der Waals surface area contributed by atoms with E-state index < -0.39 is 59.6 Å². The van der Waals surface area contributed by atoms with Crippen molar-refractivity contribution in [1.82, 2.24) is 44.5 Å². The number of methoxy groups -OCH3 is 1. The van der Waals surface area contributed by atoms with E-state index in [9.17, 15) is 19.6 Å². The minimum atomic E-state index is -3.97. The minimum Gasteiger partial charge on any atom is -0.394 e. The Bertz CT molecular complexity index is 1850. The summed E-state index contributed by atoms with van der Waals surface area (Å²) in [7, 11) is 1.42. The number of ether oxygens (including phenoxy) is 3. The third-order valence-corrected chi connectivity index (χ3v) is 12.3. The number of anilines is 2. The molecule has 0 spiro atoms. The van der Waals surface area contributed by atoms with Gasteiger partial charge in [-0.15, -0.1) is 5.10 Å². The zero-order valence-electron chi connectivity index (χ0n) is 22.7. The Morgan fingerprint density at radius 1 is 1.28 bits per heavy atom. The number of H-pyrrole nitrogens is 1. The average molecular weight is 638 g/mol. The van der Waals surface area contributed by atoms with Crippen LogP contribution in [0.25, 0.3) is 22.3 Å². The lowest BCUT2D eigenvalue weighted by atomic mass is 9.98. The van der Waals surface area contributed by atoms with Gasteiger partial charge in [-0.05, 0) is 13.3 Å². The van der Waals surface area contributed by atoms with Gasteiger partial charge in [0.1, 0.15) is 34.8 Å². The molecular formula is C22H28N11O8PS. The number of nitrogens with zero attached hydrogens (tertiary/aromatic N) is 8. The lowest BCUT2D eigenvalue weighted by Gasteiger charge is -2.32. The zero-order chi connectivity index (χ0) is 30.5. The van der Waals surface area contributed by atoms with Crippen molar-refractivity contribution in [1.29, 1.82) is 0 Å². The number of thiol groups is 1. The molecule has 1 aliphatic carbocycles. The highest BCUT2D eigenvalue weighted by Gasteiger charge is 2.78. The molecule has 2 unspecified atom stereocenters. The van der Waals surface area contributed by atoms with Crippen LogP contribution in [0.2, 0.25) is 0 Å². The number of aromatic amines is 1. The second kappa shape index (κ2) is 9.63. The molecule has 7 rings (SSSR count). The van der Waals surface area contributed by atoms with E-state index in [1.807, 2.05) is 0 Å². The highest BCUT2D eigenvalue weighted by Crippen LogP contribution is 2.83. The van der Waals surface area contributed by atoms with Crippen molar-refractivity contribution < 1.29 is 33.5 Å². The topological polar surface area (TPSA) is 267 Å². The van der Waals surface area contributed by atoms with Crippen molar-refractivity contribution in [3.05, 3.63) is 23.0 Å².